The third-order valence-corrected chi connectivity index (χ3v) is 8.94. The zero-order chi connectivity index (χ0) is 37.2. The number of nitrogens with one attached hydrogen (secondary N) is 4. The van der Waals surface area contributed by atoms with Gasteiger partial charge in [0.05, 0.1) is 43.7 Å². The lowest BCUT2D eigenvalue weighted by Crippen LogP contribution is -2.32. The Morgan fingerprint density at radius 1 is 0.604 bits per heavy atom. The average Bonchev–Trinajstić information content (AvgIpc) is 3.66. The highest BCUT2D eigenvalue weighted by atomic mass is 35.5. The van der Waals surface area contributed by atoms with E-state index in [1.54, 1.807) is 72.8 Å². The molecule has 1 aromatic heterocycles. The summed E-state index contributed by atoms with van der Waals surface area (Å²) in [5, 5.41) is 22.5. The largest absolute Gasteiger partial charge is 0.416 e. The Labute approximate surface area is 311 Å². The number of benzene rings is 4. The molecule has 2 aliphatic rings. The summed E-state index contributed by atoms with van der Waals surface area (Å²) in [6.45, 7) is 0. The van der Waals surface area contributed by atoms with Crippen LogP contribution in [-0.4, -0.2) is 59.1 Å². The standard InChI is InChI=1S/C38H26Cl2N8O5/c1-41-35(51)27-15-19-7-3-5-9-23(19)31(33(27)49)45-43-21-11-13-25(29(39)17-21)37-47-48-38(53-37)26-14-12-22(18-30(26)40)44-46-32-24-10-6-4-8-20(24)16-28(34(32)50)36(52)42-2/h3-18,43-44H,1-2H3,(H,41,51)(H,42,52)/b45-31-,46-32-. The minimum absolute atomic E-state index is 0.0234. The maximum Gasteiger partial charge on any atom is 0.255 e. The quantitative estimate of drug-likeness (QED) is 0.113. The molecule has 15 heteroatoms. The smallest absolute Gasteiger partial charge is 0.255 e. The van der Waals surface area contributed by atoms with E-state index in [1.807, 2.05) is 12.1 Å². The highest BCUT2D eigenvalue weighted by molar-refractivity contribution is 6.59. The number of fused-ring (bicyclic) bond motifs is 2. The SMILES string of the molecule is CNC(=O)C1=Cc2ccccc2/C(=N/Nc2ccc(-c3nnc(-c4ccc(N/N=C5\C(=O)C(C(=O)NC)=Cc6ccccc65)cc4Cl)o3)c(Cl)c2)C1=O. The van der Waals surface area contributed by atoms with Crippen molar-refractivity contribution in [2.45, 2.75) is 0 Å². The third kappa shape index (κ3) is 6.73. The van der Waals surface area contributed by atoms with Crippen molar-refractivity contribution in [3.05, 3.63) is 128 Å². The monoisotopic (exact) mass is 744 g/mol. The van der Waals surface area contributed by atoms with E-state index >= 15 is 0 Å². The molecule has 0 radical (unpaired) electrons. The van der Waals surface area contributed by atoms with Gasteiger partial charge in [-0.25, -0.2) is 0 Å². The van der Waals surface area contributed by atoms with Crippen LogP contribution in [0.4, 0.5) is 11.4 Å². The number of carbonyl (C=O) groups excluding carboxylic acids is 4. The normalized spacial score (nSPS) is 14.9. The maximum absolute atomic E-state index is 13.2. The van der Waals surface area contributed by atoms with Crippen LogP contribution in [0.5, 0.6) is 0 Å². The summed E-state index contributed by atoms with van der Waals surface area (Å²) in [6.07, 6.45) is 3.08. The van der Waals surface area contributed by atoms with Gasteiger partial charge >= 0.3 is 0 Å². The molecule has 5 aromatic rings. The van der Waals surface area contributed by atoms with Crippen molar-refractivity contribution in [2.24, 2.45) is 10.2 Å². The Bertz CT molecular complexity index is 2330. The highest BCUT2D eigenvalue weighted by Gasteiger charge is 2.31. The Balaban J connectivity index is 1.08. The van der Waals surface area contributed by atoms with Crippen molar-refractivity contribution in [1.29, 1.82) is 0 Å². The molecular formula is C38H26Cl2N8O5. The number of hydrogen-bond donors (Lipinski definition) is 4. The summed E-state index contributed by atoms with van der Waals surface area (Å²) in [5.74, 6) is -1.82. The average molecular weight is 746 g/mol. The fourth-order valence-corrected chi connectivity index (χ4v) is 6.17. The van der Waals surface area contributed by atoms with Crippen LogP contribution in [0.15, 0.2) is 111 Å². The lowest BCUT2D eigenvalue weighted by molar-refractivity contribution is -0.121. The van der Waals surface area contributed by atoms with Gasteiger partial charge in [0.1, 0.15) is 11.4 Å². The van der Waals surface area contributed by atoms with Gasteiger partial charge in [0.15, 0.2) is 0 Å². The number of carbonyl (C=O) groups is 4. The number of Topliss-reactive ketones (excluding diaryl/α,β-unsaturated/α-hetero) is 2. The van der Waals surface area contributed by atoms with E-state index in [0.717, 1.165) is 0 Å². The van der Waals surface area contributed by atoms with Crippen molar-refractivity contribution in [3.8, 4) is 22.9 Å². The highest BCUT2D eigenvalue weighted by Crippen LogP contribution is 2.35. The van der Waals surface area contributed by atoms with Crippen molar-refractivity contribution < 1.29 is 23.6 Å². The first-order chi connectivity index (χ1) is 25.7. The molecule has 2 amide bonds. The molecule has 0 saturated heterocycles. The number of halogens is 2. The van der Waals surface area contributed by atoms with E-state index in [-0.39, 0.29) is 44.4 Å². The van der Waals surface area contributed by atoms with Gasteiger partial charge in [-0.3, -0.25) is 30.0 Å². The second kappa shape index (κ2) is 14.5. The van der Waals surface area contributed by atoms with Gasteiger partial charge in [-0.15, -0.1) is 10.2 Å². The Kier molecular flexibility index (Phi) is 9.50. The van der Waals surface area contributed by atoms with Gasteiger partial charge in [-0.1, -0.05) is 71.7 Å². The van der Waals surface area contributed by atoms with E-state index in [1.165, 1.54) is 26.2 Å². The molecule has 2 aliphatic carbocycles. The number of rotatable bonds is 8. The molecule has 0 fully saturated rings. The first kappa shape index (κ1) is 34.7. The van der Waals surface area contributed by atoms with Gasteiger partial charge in [0, 0.05) is 25.2 Å². The first-order valence-corrected chi connectivity index (χ1v) is 16.7. The molecule has 0 saturated carbocycles. The van der Waals surface area contributed by atoms with Crippen LogP contribution in [0, 0.1) is 0 Å². The molecule has 0 atom stereocenters. The van der Waals surface area contributed by atoms with Crippen LogP contribution < -0.4 is 21.5 Å². The molecule has 0 spiro atoms. The summed E-state index contributed by atoms with van der Waals surface area (Å²) >= 11 is 13.2. The van der Waals surface area contributed by atoms with E-state index in [4.69, 9.17) is 27.6 Å². The minimum atomic E-state index is -0.522. The number of likely N-dealkylation sites (N-methyl/N-ethyl adjacent to an activating group) is 2. The van der Waals surface area contributed by atoms with E-state index in [0.29, 0.717) is 44.8 Å². The van der Waals surface area contributed by atoms with Gasteiger partial charge in [-0.05, 0) is 59.7 Å². The second-order valence-corrected chi connectivity index (χ2v) is 12.4. The molecule has 0 unspecified atom stereocenters. The number of nitrogens with zero attached hydrogens (tertiary/aromatic N) is 4. The predicted molar refractivity (Wildman–Crippen MR) is 202 cm³/mol. The van der Waals surface area contributed by atoms with Crippen molar-refractivity contribution >= 4 is 81.5 Å². The summed E-state index contributed by atoms with van der Waals surface area (Å²) in [6, 6.07) is 24.1. The molecule has 7 rings (SSSR count). The van der Waals surface area contributed by atoms with Gasteiger partial charge in [0.2, 0.25) is 23.3 Å². The van der Waals surface area contributed by atoms with Crippen LogP contribution in [0.3, 0.4) is 0 Å². The predicted octanol–water partition coefficient (Wildman–Crippen LogP) is 5.77. The number of aromatic nitrogens is 2. The third-order valence-electron chi connectivity index (χ3n) is 8.31. The fraction of sp³-hybridized carbons (Fsp3) is 0.0526. The number of hydrogen-bond acceptors (Lipinski definition) is 11. The van der Waals surface area contributed by atoms with E-state index < -0.39 is 23.4 Å². The number of amides is 2. The zero-order valence-electron chi connectivity index (χ0n) is 27.8. The Hall–Kier alpha value is -6.70. The van der Waals surface area contributed by atoms with Gasteiger partial charge in [-0.2, -0.15) is 10.2 Å². The molecular weight excluding hydrogens is 719 g/mol. The molecule has 13 nitrogen and oxygen atoms in total. The zero-order valence-corrected chi connectivity index (χ0v) is 29.3. The topological polar surface area (TPSA) is 180 Å². The lowest BCUT2D eigenvalue weighted by atomic mass is 9.89. The summed E-state index contributed by atoms with van der Waals surface area (Å²) in [7, 11) is 2.91. The number of hydrazone groups is 2. The minimum Gasteiger partial charge on any atom is -0.416 e. The maximum atomic E-state index is 13.2. The number of anilines is 2. The molecule has 262 valence electrons. The molecule has 1 heterocycles. The number of ketones is 2. The summed E-state index contributed by atoms with van der Waals surface area (Å²) in [5.41, 5.74) is 10.1. The van der Waals surface area contributed by atoms with Crippen LogP contribution in [0.25, 0.3) is 35.1 Å². The van der Waals surface area contributed by atoms with E-state index in [2.05, 4.69) is 41.9 Å². The van der Waals surface area contributed by atoms with Gasteiger partial charge < -0.3 is 15.1 Å². The summed E-state index contributed by atoms with van der Waals surface area (Å²) < 4.78 is 5.94. The van der Waals surface area contributed by atoms with E-state index in [9.17, 15) is 19.2 Å². The molecule has 0 aliphatic heterocycles. The molecule has 0 bridgehead atoms. The van der Waals surface area contributed by atoms with Crippen LogP contribution in [-0.2, 0) is 19.2 Å². The Morgan fingerprint density at radius 3 is 1.42 bits per heavy atom. The lowest BCUT2D eigenvalue weighted by Gasteiger charge is -2.17. The van der Waals surface area contributed by atoms with Gasteiger partial charge in [0.25, 0.3) is 11.8 Å². The summed E-state index contributed by atoms with van der Waals surface area (Å²) in [4.78, 5) is 51.1. The Morgan fingerprint density at radius 2 is 1.02 bits per heavy atom. The fourth-order valence-electron chi connectivity index (χ4n) is 5.65. The van der Waals surface area contributed by atoms with Crippen LogP contribution >= 0.6 is 23.2 Å². The molecule has 53 heavy (non-hydrogen) atoms. The molecule has 4 N–H and O–H groups in total. The van der Waals surface area contributed by atoms with Crippen molar-refractivity contribution in [3.63, 3.8) is 0 Å². The van der Waals surface area contributed by atoms with Crippen LogP contribution in [0.1, 0.15) is 22.3 Å². The van der Waals surface area contributed by atoms with Crippen LogP contribution in [0.2, 0.25) is 10.0 Å². The van der Waals surface area contributed by atoms with Crippen molar-refractivity contribution in [2.75, 3.05) is 24.9 Å². The second-order valence-electron chi connectivity index (χ2n) is 11.6. The first-order valence-electron chi connectivity index (χ1n) is 15.9. The molecule has 4 aromatic carbocycles. The van der Waals surface area contributed by atoms with Crippen molar-refractivity contribution in [1.82, 2.24) is 20.8 Å².